The summed E-state index contributed by atoms with van der Waals surface area (Å²) < 4.78 is 4.90. The van der Waals surface area contributed by atoms with E-state index in [1.807, 2.05) is 12.1 Å². The summed E-state index contributed by atoms with van der Waals surface area (Å²) in [5.74, 6) is 2.23. The molecule has 2 aliphatic rings. The highest BCUT2D eigenvalue weighted by molar-refractivity contribution is 5.77. The Labute approximate surface area is 146 Å². The number of nitrogens with zero attached hydrogens (tertiary/aromatic N) is 4. The lowest BCUT2D eigenvalue weighted by Gasteiger charge is -2.31. The van der Waals surface area contributed by atoms with Crippen molar-refractivity contribution < 1.29 is 9.53 Å². The van der Waals surface area contributed by atoms with Gasteiger partial charge in [0.05, 0.1) is 0 Å². The third-order valence-electron chi connectivity index (χ3n) is 5.33. The van der Waals surface area contributed by atoms with Gasteiger partial charge in [0, 0.05) is 38.6 Å². The fourth-order valence-corrected chi connectivity index (χ4v) is 4.17. The molecule has 2 aromatic rings. The van der Waals surface area contributed by atoms with Gasteiger partial charge in [-0.05, 0) is 43.2 Å². The van der Waals surface area contributed by atoms with Crippen LogP contribution in [0.5, 0.6) is 0 Å². The summed E-state index contributed by atoms with van der Waals surface area (Å²) in [6, 6.07) is 4.28. The van der Waals surface area contributed by atoms with Crippen molar-refractivity contribution in [2.75, 3.05) is 31.7 Å². The molecular formula is C18H23N5O2. The topological polar surface area (TPSA) is 80.2 Å². The second-order valence-electron chi connectivity index (χ2n) is 7.00. The molecule has 3 heterocycles. The minimum atomic E-state index is -0.0180. The number of anilines is 1. The van der Waals surface area contributed by atoms with E-state index in [4.69, 9.17) is 4.74 Å². The van der Waals surface area contributed by atoms with E-state index >= 15 is 0 Å². The van der Waals surface area contributed by atoms with Crippen molar-refractivity contribution >= 4 is 22.9 Å². The minimum absolute atomic E-state index is 0.0180. The van der Waals surface area contributed by atoms with Crippen molar-refractivity contribution in [3.63, 3.8) is 0 Å². The Morgan fingerprint density at radius 2 is 2.08 bits per heavy atom. The van der Waals surface area contributed by atoms with Crippen LogP contribution in [0.3, 0.4) is 0 Å². The second kappa shape index (κ2) is 6.92. The number of hydrogen-bond acceptors (Lipinski definition) is 6. The summed E-state index contributed by atoms with van der Waals surface area (Å²) in [5, 5.41) is 3.09. The average Bonchev–Trinajstić information content (AvgIpc) is 3.05. The highest BCUT2D eigenvalue weighted by Gasteiger charge is 2.38. The zero-order chi connectivity index (χ0) is 17.2. The number of aromatic nitrogens is 3. The van der Waals surface area contributed by atoms with Crippen LogP contribution in [-0.2, 0) is 9.53 Å². The maximum atomic E-state index is 11.7. The van der Waals surface area contributed by atoms with Gasteiger partial charge in [0.15, 0.2) is 5.65 Å². The maximum absolute atomic E-state index is 11.7. The molecule has 0 bridgehead atoms. The number of methoxy groups -OCH3 is 1. The van der Waals surface area contributed by atoms with Gasteiger partial charge in [-0.3, -0.25) is 9.78 Å². The Morgan fingerprint density at radius 1 is 1.24 bits per heavy atom. The van der Waals surface area contributed by atoms with Gasteiger partial charge in [-0.2, -0.15) is 0 Å². The van der Waals surface area contributed by atoms with Crippen LogP contribution in [0.4, 0.5) is 5.82 Å². The molecule has 1 amide bonds. The number of carbonyl (C=O) groups is 1. The first kappa shape index (κ1) is 16.2. The van der Waals surface area contributed by atoms with Gasteiger partial charge >= 0.3 is 0 Å². The first-order valence-corrected chi connectivity index (χ1v) is 8.84. The molecule has 25 heavy (non-hydrogen) atoms. The molecule has 3 unspecified atom stereocenters. The Morgan fingerprint density at radius 3 is 2.96 bits per heavy atom. The van der Waals surface area contributed by atoms with Gasteiger partial charge in [-0.1, -0.05) is 0 Å². The zero-order valence-corrected chi connectivity index (χ0v) is 14.4. The van der Waals surface area contributed by atoms with Crippen molar-refractivity contribution in [1.29, 1.82) is 0 Å². The number of rotatable bonds is 4. The number of hydrogen-bond donors (Lipinski definition) is 1. The first-order valence-electron chi connectivity index (χ1n) is 8.84. The number of pyridine rings is 1. The van der Waals surface area contributed by atoms with Crippen LogP contribution < -0.4 is 10.2 Å². The number of nitrogens with one attached hydrogen (secondary N) is 1. The van der Waals surface area contributed by atoms with Gasteiger partial charge in [0.25, 0.3) is 0 Å². The Hall–Kier alpha value is -2.28. The van der Waals surface area contributed by atoms with Crippen LogP contribution in [0.1, 0.15) is 19.3 Å². The lowest BCUT2D eigenvalue weighted by molar-refractivity contribution is -0.125. The van der Waals surface area contributed by atoms with Crippen molar-refractivity contribution in [1.82, 2.24) is 20.3 Å². The number of ether oxygens (including phenoxy) is 1. The molecule has 2 fully saturated rings. The average molecular weight is 341 g/mol. The smallest absolute Gasteiger partial charge is 0.246 e. The largest absolute Gasteiger partial charge is 0.375 e. The van der Waals surface area contributed by atoms with E-state index in [9.17, 15) is 4.79 Å². The number of amides is 1. The predicted molar refractivity (Wildman–Crippen MR) is 94.2 cm³/mol. The van der Waals surface area contributed by atoms with Crippen LogP contribution in [0.25, 0.3) is 11.2 Å². The molecule has 0 aromatic carbocycles. The lowest BCUT2D eigenvalue weighted by atomic mass is 9.79. The van der Waals surface area contributed by atoms with E-state index in [1.165, 1.54) is 0 Å². The summed E-state index contributed by atoms with van der Waals surface area (Å²) in [7, 11) is 1.55. The van der Waals surface area contributed by atoms with E-state index in [0.29, 0.717) is 17.5 Å². The summed E-state index contributed by atoms with van der Waals surface area (Å²) in [6.45, 7) is 2.15. The monoisotopic (exact) mass is 341 g/mol. The first-order chi connectivity index (χ1) is 12.2. The van der Waals surface area contributed by atoms with Crippen LogP contribution in [0.15, 0.2) is 24.5 Å². The third-order valence-corrected chi connectivity index (χ3v) is 5.33. The fourth-order valence-electron chi connectivity index (χ4n) is 4.17. The molecule has 132 valence electrons. The minimum Gasteiger partial charge on any atom is -0.375 e. The van der Waals surface area contributed by atoms with Crippen LogP contribution >= 0.6 is 0 Å². The molecule has 2 aromatic heterocycles. The van der Waals surface area contributed by atoms with Crippen molar-refractivity contribution in [3.8, 4) is 0 Å². The van der Waals surface area contributed by atoms with Crippen LogP contribution in [0, 0.1) is 11.8 Å². The molecule has 1 aliphatic heterocycles. The predicted octanol–water partition coefficient (Wildman–Crippen LogP) is 1.39. The van der Waals surface area contributed by atoms with Gasteiger partial charge in [-0.15, -0.1) is 0 Å². The Kier molecular flexibility index (Phi) is 4.48. The fraction of sp³-hybridized carbons (Fsp3) is 0.556. The maximum Gasteiger partial charge on any atom is 0.246 e. The van der Waals surface area contributed by atoms with Crippen molar-refractivity contribution in [3.05, 3.63) is 24.5 Å². The third kappa shape index (κ3) is 3.42. The summed E-state index contributed by atoms with van der Waals surface area (Å²) in [5.41, 5.74) is 1.52. The summed E-state index contributed by atoms with van der Waals surface area (Å²) in [6.07, 6.45) is 6.58. The van der Waals surface area contributed by atoms with E-state index in [-0.39, 0.29) is 18.6 Å². The zero-order valence-electron chi connectivity index (χ0n) is 14.4. The molecule has 0 spiro atoms. The number of carbonyl (C=O) groups excluding carboxylic acids is 1. The molecule has 1 saturated heterocycles. The Balaban J connectivity index is 1.42. The van der Waals surface area contributed by atoms with E-state index in [0.717, 1.165) is 43.7 Å². The molecule has 1 aliphatic carbocycles. The van der Waals surface area contributed by atoms with Gasteiger partial charge in [0.2, 0.25) is 5.91 Å². The molecule has 7 nitrogen and oxygen atoms in total. The standard InChI is InChI=1S/C18H23N5O2/c1-25-11-17(24)21-14-3-2-12-9-23(10-13(12)8-14)16-5-4-15-18(22-16)20-7-6-19-15/h4-7,12-14H,2-3,8-11H2,1H3,(H,21,24). The second-order valence-corrected chi connectivity index (χ2v) is 7.00. The highest BCUT2D eigenvalue weighted by Crippen LogP contribution is 2.38. The summed E-state index contributed by atoms with van der Waals surface area (Å²) >= 11 is 0. The summed E-state index contributed by atoms with van der Waals surface area (Å²) in [4.78, 5) is 27.4. The highest BCUT2D eigenvalue weighted by atomic mass is 16.5. The molecule has 3 atom stereocenters. The Bertz CT molecular complexity index is 768. The van der Waals surface area contributed by atoms with Crippen molar-refractivity contribution in [2.24, 2.45) is 11.8 Å². The quantitative estimate of drug-likeness (QED) is 0.905. The molecule has 1 saturated carbocycles. The van der Waals surface area contributed by atoms with Gasteiger partial charge in [-0.25, -0.2) is 9.97 Å². The van der Waals surface area contributed by atoms with Crippen LogP contribution in [-0.4, -0.2) is 53.7 Å². The van der Waals surface area contributed by atoms with E-state index < -0.39 is 0 Å². The molecule has 7 heteroatoms. The van der Waals surface area contributed by atoms with E-state index in [1.54, 1.807) is 19.5 Å². The number of fused-ring (bicyclic) bond motifs is 2. The van der Waals surface area contributed by atoms with E-state index in [2.05, 4.69) is 25.2 Å². The molecule has 0 radical (unpaired) electrons. The SMILES string of the molecule is COCC(=O)NC1CCC2CN(c3ccc4nccnc4n3)CC2C1. The van der Waals surface area contributed by atoms with Gasteiger partial charge < -0.3 is 15.0 Å². The molecular weight excluding hydrogens is 318 g/mol. The lowest BCUT2D eigenvalue weighted by Crippen LogP contribution is -2.42. The molecule has 1 N–H and O–H groups in total. The van der Waals surface area contributed by atoms with Gasteiger partial charge in [0.1, 0.15) is 17.9 Å². The molecule has 4 rings (SSSR count). The van der Waals surface area contributed by atoms with Crippen molar-refractivity contribution in [2.45, 2.75) is 25.3 Å². The normalized spacial score (nSPS) is 25.8. The van der Waals surface area contributed by atoms with Crippen LogP contribution in [0.2, 0.25) is 0 Å².